The van der Waals surface area contributed by atoms with Gasteiger partial charge in [-0.05, 0) is 6.92 Å². The summed E-state index contributed by atoms with van der Waals surface area (Å²) in [5.74, 6) is 1.22. The van der Waals surface area contributed by atoms with Crippen LogP contribution in [0.15, 0.2) is 6.33 Å². The molecule has 1 atom stereocenters. The first-order valence-electron chi connectivity index (χ1n) is 4.77. The van der Waals surface area contributed by atoms with Crippen LogP contribution in [-0.4, -0.2) is 28.5 Å². The Morgan fingerprint density at radius 3 is 3.07 bits per heavy atom. The van der Waals surface area contributed by atoms with Gasteiger partial charge in [0.15, 0.2) is 0 Å². The van der Waals surface area contributed by atoms with Gasteiger partial charge in [0.05, 0.1) is 6.04 Å². The molecule has 0 spiro atoms. The van der Waals surface area contributed by atoms with Gasteiger partial charge in [0.1, 0.15) is 18.0 Å². The van der Waals surface area contributed by atoms with Crippen LogP contribution in [0.2, 0.25) is 0 Å². The zero-order chi connectivity index (χ0) is 10.8. The summed E-state index contributed by atoms with van der Waals surface area (Å²) in [6, 6.07) is 0.0884. The van der Waals surface area contributed by atoms with Crippen LogP contribution in [0.25, 0.3) is 0 Å². The normalized spacial score (nSPS) is 20.1. The number of carbonyl (C=O) groups is 1. The fraction of sp³-hybridized carbons (Fsp3) is 0.444. The minimum Gasteiger partial charge on any atom is -0.383 e. The average molecular weight is 207 g/mol. The molecule has 80 valence electrons. The predicted octanol–water partition coefficient (Wildman–Crippen LogP) is -0.332. The topological polar surface area (TPSA) is 92.9 Å². The van der Waals surface area contributed by atoms with Crippen molar-refractivity contribution in [2.24, 2.45) is 0 Å². The molecule has 1 aliphatic heterocycles. The van der Waals surface area contributed by atoms with Crippen molar-refractivity contribution in [3.05, 3.63) is 11.9 Å². The number of nitrogens with two attached hydrogens (primary N) is 1. The second-order valence-corrected chi connectivity index (χ2v) is 3.58. The zero-order valence-electron chi connectivity index (χ0n) is 8.45. The molecule has 6 nitrogen and oxygen atoms in total. The number of hydrogen-bond acceptors (Lipinski definition) is 5. The van der Waals surface area contributed by atoms with E-state index in [1.165, 1.54) is 6.33 Å². The first-order chi connectivity index (χ1) is 7.16. The molecule has 6 heteroatoms. The molecular weight excluding hydrogens is 194 g/mol. The molecule has 1 aliphatic rings. The van der Waals surface area contributed by atoms with Crippen molar-refractivity contribution in [1.29, 1.82) is 0 Å². The fourth-order valence-corrected chi connectivity index (χ4v) is 1.51. The van der Waals surface area contributed by atoms with E-state index in [0.717, 1.165) is 5.56 Å². The largest absolute Gasteiger partial charge is 0.383 e. The van der Waals surface area contributed by atoms with Crippen molar-refractivity contribution in [1.82, 2.24) is 15.3 Å². The number of aromatic nitrogens is 2. The van der Waals surface area contributed by atoms with Crippen molar-refractivity contribution in [3.63, 3.8) is 0 Å². The number of carbonyl (C=O) groups excluding carboxylic acids is 1. The third-order valence-electron chi connectivity index (χ3n) is 2.44. The van der Waals surface area contributed by atoms with Crippen LogP contribution in [-0.2, 0) is 4.79 Å². The van der Waals surface area contributed by atoms with E-state index in [9.17, 15) is 4.79 Å². The molecule has 15 heavy (non-hydrogen) atoms. The number of hydrogen-bond donors (Lipinski definition) is 3. The number of anilines is 2. The van der Waals surface area contributed by atoms with Gasteiger partial charge in [-0.2, -0.15) is 0 Å². The Morgan fingerprint density at radius 1 is 1.60 bits per heavy atom. The molecular formula is C9H13N5O. The maximum Gasteiger partial charge on any atom is 0.222 e. The highest BCUT2D eigenvalue weighted by atomic mass is 16.1. The summed E-state index contributed by atoms with van der Waals surface area (Å²) in [4.78, 5) is 18.9. The van der Waals surface area contributed by atoms with E-state index in [4.69, 9.17) is 5.73 Å². The van der Waals surface area contributed by atoms with Crippen LogP contribution in [0.4, 0.5) is 11.6 Å². The minimum absolute atomic E-state index is 0.0622. The second-order valence-electron chi connectivity index (χ2n) is 3.58. The molecule has 0 aliphatic carbocycles. The smallest absolute Gasteiger partial charge is 0.222 e. The number of nitrogens with one attached hydrogen (secondary N) is 2. The lowest BCUT2D eigenvalue weighted by atomic mass is 10.2. The highest BCUT2D eigenvalue weighted by molar-refractivity contribution is 5.79. The first-order valence-corrected chi connectivity index (χ1v) is 4.77. The molecule has 0 saturated carbocycles. The summed E-state index contributed by atoms with van der Waals surface area (Å²) in [7, 11) is 0. The summed E-state index contributed by atoms with van der Waals surface area (Å²) in [6.45, 7) is 2.48. The van der Waals surface area contributed by atoms with Crippen LogP contribution in [0.3, 0.4) is 0 Å². The Hall–Kier alpha value is -1.85. The van der Waals surface area contributed by atoms with Gasteiger partial charge in [0, 0.05) is 18.5 Å². The SMILES string of the molecule is Cc1c(N)ncnc1NC1CNC(=O)C1. The molecule has 1 aromatic rings. The summed E-state index contributed by atoms with van der Waals surface area (Å²) >= 11 is 0. The van der Waals surface area contributed by atoms with Crippen LogP contribution < -0.4 is 16.4 Å². The Morgan fingerprint density at radius 2 is 2.40 bits per heavy atom. The first kappa shape index (κ1) is 9.70. The number of nitrogens with zero attached hydrogens (tertiary/aromatic N) is 2. The van der Waals surface area contributed by atoms with Crippen molar-refractivity contribution in [2.45, 2.75) is 19.4 Å². The molecule has 0 bridgehead atoms. The predicted molar refractivity (Wildman–Crippen MR) is 56.2 cm³/mol. The van der Waals surface area contributed by atoms with Crippen molar-refractivity contribution in [2.75, 3.05) is 17.6 Å². The Kier molecular flexibility index (Phi) is 2.40. The summed E-state index contributed by atoms with van der Waals surface area (Å²) in [5, 5.41) is 5.91. The van der Waals surface area contributed by atoms with Crippen molar-refractivity contribution >= 4 is 17.5 Å². The molecule has 1 aromatic heterocycles. The maximum atomic E-state index is 11.0. The lowest BCUT2D eigenvalue weighted by molar-refractivity contribution is -0.119. The standard InChI is InChI=1S/C9H13N5O/c1-5-8(10)12-4-13-9(5)14-6-2-7(15)11-3-6/h4,6H,2-3H2,1H3,(H,11,15)(H3,10,12,13,14). The van der Waals surface area contributed by atoms with E-state index < -0.39 is 0 Å². The fourth-order valence-electron chi connectivity index (χ4n) is 1.51. The molecule has 0 radical (unpaired) electrons. The van der Waals surface area contributed by atoms with E-state index in [1.54, 1.807) is 0 Å². The van der Waals surface area contributed by atoms with Gasteiger partial charge in [0.2, 0.25) is 5.91 Å². The number of rotatable bonds is 2. The van der Waals surface area contributed by atoms with E-state index in [2.05, 4.69) is 20.6 Å². The van der Waals surface area contributed by atoms with Crippen molar-refractivity contribution in [3.8, 4) is 0 Å². The molecule has 2 rings (SSSR count). The van der Waals surface area contributed by atoms with Gasteiger partial charge in [-0.25, -0.2) is 9.97 Å². The van der Waals surface area contributed by atoms with E-state index in [-0.39, 0.29) is 11.9 Å². The van der Waals surface area contributed by atoms with Gasteiger partial charge >= 0.3 is 0 Å². The van der Waals surface area contributed by atoms with E-state index >= 15 is 0 Å². The molecule has 1 unspecified atom stereocenters. The van der Waals surface area contributed by atoms with Gasteiger partial charge < -0.3 is 16.4 Å². The quantitative estimate of drug-likeness (QED) is 0.617. The van der Waals surface area contributed by atoms with Crippen LogP contribution in [0.5, 0.6) is 0 Å². The van der Waals surface area contributed by atoms with Gasteiger partial charge in [-0.1, -0.05) is 0 Å². The Bertz CT molecular complexity index is 392. The Balaban J connectivity index is 2.11. The van der Waals surface area contributed by atoms with E-state index in [1.807, 2.05) is 6.92 Å². The van der Waals surface area contributed by atoms with Gasteiger partial charge in [0.25, 0.3) is 0 Å². The summed E-state index contributed by atoms with van der Waals surface area (Å²) < 4.78 is 0. The molecule has 2 heterocycles. The third-order valence-corrected chi connectivity index (χ3v) is 2.44. The molecule has 1 amide bonds. The maximum absolute atomic E-state index is 11.0. The highest BCUT2D eigenvalue weighted by Crippen LogP contribution is 2.17. The third kappa shape index (κ3) is 1.98. The van der Waals surface area contributed by atoms with Crippen LogP contribution >= 0.6 is 0 Å². The lowest BCUT2D eigenvalue weighted by Crippen LogP contribution is -2.23. The highest BCUT2D eigenvalue weighted by Gasteiger charge is 2.22. The van der Waals surface area contributed by atoms with Crippen molar-refractivity contribution < 1.29 is 4.79 Å². The van der Waals surface area contributed by atoms with Crippen LogP contribution in [0.1, 0.15) is 12.0 Å². The second kappa shape index (κ2) is 3.72. The lowest BCUT2D eigenvalue weighted by Gasteiger charge is -2.13. The van der Waals surface area contributed by atoms with E-state index in [0.29, 0.717) is 24.6 Å². The molecule has 0 aromatic carbocycles. The van der Waals surface area contributed by atoms with Gasteiger partial charge in [-0.3, -0.25) is 4.79 Å². The zero-order valence-corrected chi connectivity index (χ0v) is 8.45. The molecule has 1 saturated heterocycles. The number of nitrogen functional groups attached to an aromatic ring is 1. The minimum atomic E-state index is 0.0622. The summed E-state index contributed by atoms with van der Waals surface area (Å²) in [6.07, 6.45) is 1.89. The average Bonchev–Trinajstić information content (AvgIpc) is 2.59. The summed E-state index contributed by atoms with van der Waals surface area (Å²) in [5.41, 5.74) is 6.47. The molecule has 4 N–H and O–H groups in total. The van der Waals surface area contributed by atoms with Gasteiger partial charge in [-0.15, -0.1) is 0 Å². The molecule has 1 fully saturated rings. The number of amides is 1. The van der Waals surface area contributed by atoms with Crippen LogP contribution in [0, 0.1) is 6.92 Å². The monoisotopic (exact) mass is 207 g/mol. The Labute approximate surface area is 87.3 Å².